The molecule has 0 amide bonds. The van der Waals surface area contributed by atoms with Crippen LogP contribution >= 0.6 is 0 Å². The maximum atomic E-state index is 5.46. The first kappa shape index (κ1) is 11.6. The van der Waals surface area contributed by atoms with Gasteiger partial charge in [-0.25, -0.2) is 0 Å². The summed E-state index contributed by atoms with van der Waals surface area (Å²) in [7, 11) is 0. The quantitative estimate of drug-likeness (QED) is 0.814. The molecule has 90 valence electrons. The first-order valence-electron chi connectivity index (χ1n) is 6.06. The predicted octanol–water partition coefficient (Wildman–Crippen LogP) is 1.54. The predicted molar refractivity (Wildman–Crippen MR) is 63.3 cm³/mol. The molecule has 0 saturated carbocycles. The summed E-state index contributed by atoms with van der Waals surface area (Å²) >= 11 is 0. The van der Waals surface area contributed by atoms with Crippen molar-refractivity contribution in [3.63, 3.8) is 0 Å². The zero-order chi connectivity index (χ0) is 11.4. The summed E-state index contributed by atoms with van der Waals surface area (Å²) in [5.41, 5.74) is 3.58. The van der Waals surface area contributed by atoms with Crippen LogP contribution in [0.15, 0.2) is 0 Å². The summed E-state index contributed by atoms with van der Waals surface area (Å²) in [5, 5.41) is 10.7. The van der Waals surface area contributed by atoms with Gasteiger partial charge in [-0.05, 0) is 32.6 Å². The van der Waals surface area contributed by atoms with Crippen LogP contribution in [0.1, 0.15) is 29.8 Å². The summed E-state index contributed by atoms with van der Waals surface area (Å²) in [6.45, 7) is 7.92. The van der Waals surface area contributed by atoms with Gasteiger partial charge in [-0.3, -0.25) is 5.10 Å². The molecule has 1 atom stereocenters. The van der Waals surface area contributed by atoms with Crippen molar-refractivity contribution in [2.45, 2.75) is 33.2 Å². The highest BCUT2D eigenvalue weighted by Crippen LogP contribution is 2.13. The first-order valence-corrected chi connectivity index (χ1v) is 6.06. The molecular weight excluding hydrogens is 202 g/mol. The van der Waals surface area contributed by atoms with Crippen LogP contribution in [0.2, 0.25) is 0 Å². The fraction of sp³-hybridized carbons (Fsp3) is 0.750. The van der Waals surface area contributed by atoms with E-state index >= 15 is 0 Å². The maximum absolute atomic E-state index is 5.46. The fourth-order valence-electron chi connectivity index (χ4n) is 2.20. The van der Waals surface area contributed by atoms with Gasteiger partial charge in [0.05, 0.1) is 12.3 Å². The highest BCUT2D eigenvalue weighted by atomic mass is 16.5. The molecule has 1 aromatic rings. The Hall–Kier alpha value is -0.870. The standard InChI is InChI=1S/C12H21N3O/c1-9-12(10(2)15-14-9)7-13-6-11-4-3-5-16-8-11/h11,13H,3-8H2,1-2H3,(H,14,15). The molecule has 1 unspecified atom stereocenters. The topological polar surface area (TPSA) is 49.9 Å². The molecule has 2 rings (SSSR count). The van der Waals surface area contributed by atoms with Gasteiger partial charge in [0.2, 0.25) is 0 Å². The van der Waals surface area contributed by atoms with Crippen molar-refractivity contribution in [3.8, 4) is 0 Å². The van der Waals surface area contributed by atoms with E-state index in [0.717, 1.165) is 32.0 Å². The number of rotatable bonds is 4. The molecule has 16 heavy (non-hydrogen) atoms. The normalized spacial score (nSPS) is 21.2. The summed E-state index contributed by atoms with van der Waals surface area (Å²) < 4.78 is 5.46. The average molecular weight is 223 g/mol. The number of nitrogens with one attached hydrogen (secondary N) is 2. The second-order valence-corrected chi connectivity index (χ2v) is 4.63. The third kappa shape index (κ3) is 2.83. The van der Waals surface area contributed by atoms with Crippen LogP contribution in [0.25, 0.3) is 0 Å². The number of ether oxygens (including phenoxy) is 1. The molecule has 1 aliphatic rings. The SMILES string of the molecule is Cc1n[nH]c(C)c1CNCC1CCCOC1. The zero-order valence-corrected chi connectivity index (χ0v) is 10.2. The Bertz CT molecular complexity index is 310. The summed E-state index contributed by atoms with van der Waals surface area (Å²) in [5.74, 6) is 0.682. The molecular formula is C12H21N3O. The molecule has 1 aliphatic heterocycles. The fourth-order valence-corrected chi connectivity index (χ4v) is 2.20. The van der Waals surface area contributed by atoms with Gasteiger partial charge in [0.25, 0.3) is 0 Å². The molecule has 2 heterocycles. The molecule has 1 saturated heterocycles. The van der Waals surface area contributed by atoms with Crippen molar-refractivity contribution in [3.05, 3.63) is 17.0 Å². The van der Waals surface area contributed by atoms with Crippen LogP contribution < -0.4 is 5.32 Å². The van der Waals surface area contributed by atoms with E-state index in [2.05, 4.69) is 22.4 Å². The molecule has 4 nitrogen and oxygen atoms in total. The average Bonchev–Trinajstić information content (AvgIpc) is 2.62. The Kier molecular flexibility index (Phi) is 3.96. The number of H-pyrrole nitrogens is 1. The maximum Gasteiger partial charge on any atom is 0.0638 e. The van der Waals surface area contributed by atoms with Crippen LogP contribution in [0.3, 0.4) is 0 Å². The van der Waals surface area contributed by atoms with Gasteiger partial charge in [-0.15, -0.1) is 0 Å². The van der Waals surface area contributed by atoms with E-state index < -0.39 is 0 Å². The molecule has 2 N–H and O–H groups in total. The van der Waals surface area contributed by atoms with Crippen LogP contribution in [0.4, 0.5) is 0 Å². The highest BCUT2D eigenvalue weighted by molar-refractivity contribution is 5.22. The van der Waals surface area contributed by atoms with E-state index in [0.29, 0.717) is 5.92 Å². The molecule has 0 aliphatic carbocycles. The molecule has 0 spiro atoms. The molecule has 1 fully saturated rings. The van der Waals surface area contributed by atoms with Crippen LogP contribution in [0.5, 0.6) is 0 Å². The van der Waals surface area contributed by atoms with Crippen molar-refractivity contribution in [2.75, 3.05) is 19.8 Å². The Morgan fingerprint density at radius 2 is 2.38 bits per heavy atom. The lowest BCUT2D eigenvalue weighted by Crippen LogP contribution is -2.29. The zero-order valence-electron chi connectivity index (χ0n) is 10.2. The van der Waals surface area contributed by atoms with Gasteiger partial charge in [0, 0.05) is 31.0 Å². The smallest absolute Gasteiger partial charge is 0.0638 e. The number of nitrogens with zero attached hydrogens (tertiary/aromatic N) is 1. The van der Waals surface area contributed by atoms with Crippen molar-refractivity contribution < 1.29 is 4.74 Å². The number of aromatic amines is 1. The van der Waals surface area contributed by atoms with E-state index in [1.807, 2.05) is 6.92 Å². The van der Waals surface area contributed by atoms with E-state index in [4.69, 9.17) is 4.74 Å². The Morgan fingerprint density at radius 1 is 1.50 bits per heavy atom. The Labute approximate surface area is 96.8 Å². The first-order chi connectivity index (χ1) is 7.77. The van der Waals surface area contributed by atoms with Crippen molar-refractivity contribution in [2.24, 2.45) is 5.92 Å². The monoisotopic (exact) mass is 223 g/mol. The van der Waals surface area contributed by atoms with E-state index in [-0.39, 0.29) is 0 Å². The van der Waals surface area contributed by atoms with Crippen LogP contribution in [-0.2, 0) is 11.3 Å². The minimum Gasteiger partial charge on any atom is -0.381 e. The van der Waals surface area contributed by atoms with Crippen molar-refractivity contribution >= 4 is 0 Å². The second kappa shape index (κ2) is 5.46. The van der Waals surface area contributed by atoms with Gasteiger partial charge in [-0.1, -0.05) is 0 Å². The van der Waals surface area contributed by atoms with Gasteiger partial charge >= 0.3 is 0 Å². The van der Waals surface area contributed by atoms with Crippen molar-refractivity contribution in [1.29, 1.82) is 0 Å². The lowest BCUT2D eigenvalue weighted by atomic mass is 10.0. The number of aromatic nitrogens is 2. The molecule has 4 heteroatoms. The third-order valence-corrected chi connectivity index (χ3v) is 3.27. The number of hydrogen-bond donors (Lipinski definition) is 2. The van der Waals surface area contributed by atoms with Gasteiger partial charge in [0.15, 0.2) is 0 Å². The van der Waals surface area contributed by atoms with Crippen molar-refractivity contribution in [1.82, 2.24) is 15.5 Å². The minimum atomic E-state index is 0.682. The summed E-state index contributed by atoms with van der Waals surface area (Å²) in [4.78, 5) is 0. The van der Waals surface area contributed by atoms with Gasteiger partial charge in [-0.2, -0.15) is 5.10 Å². The summed E-state index contributed by atoms with van der Waals surface area (Å²) in [6.07, 6.45) is 2.49. The lowest BCUT2D eigenvalue weighted by Gasteiger charge is -2.22. The second-order valence-electron chi connectivity index (χ2n) is 4.63. The lowest BCUT2D eigenvalue weighted by molar-refractivity contribution is 0.0547. The van der Waals surface area contributed by atoms with Crippen LogP contribution in [-0.4, -0.2) is 30.0 Å². The Morgan fingerprint density at radius 3 is 3.00 bits per heavy atom. The van der Waals surface area contributed by atoms with E-state index in [1.54, 1.807) is 0 Å². The summed E-state index contributed by atoms with van der Waals surface area (Å²) in [6, 6.07) is 0. The highest BCUT2D eigenvalue weighted by Gasteiger charge is 2.13. The minimum absolute atomic E-state index is 0.682. The molecule has 0 radical (unpaired) electrons. The largest absolute Gasteiger partial charge is 0.381 e. The van der Waals surface area contributed by atoms with E-state index in [1.165, 1.54) is 24.1 Å². The number of aryl methyl sites for hydroxylation is 2. The third-order valence-electron chi connectivity index (χ3n) is 3.27. The van der Waals surface area contributed by atoms with Crippen LogP contribution in [0, 0.1) is 19.8 Å². The van der Waals surface area contributed by atoms with Gasteiger partial charge < -0.3 is 10.1 Å². The molecule has 0 bridgehead atoms. The molecule has 1 aromatic heterocycles. The number of hydrogen-bond acceptors (Lipinski definition) is 3. The molecule has 0 aromatic carbocycles. The van der Waals surface area contributed by atoms with Gasteiger partial charge in [0.1, 0.15) is 0 Å². The van der Waals surface area contributed by atoms with E-state index in [9.17, 15) is 0 Å². The Balaban J connectivity index is 1.75.